The van der Waals surface area contributed by atoms with Gasteiger partial charge in [-0.05, 0) is 49.0 Å². The van der Waals surface area contributed by atoms with Crippen LogP contribution in [0.25, 0.3) is 11.1 Å². The molecule has 2 aromatic carbocycles. The highest BCUT2D eigenvalue weighted by Gasteiger charge is 2.35. The molecule has 0 bridgehead atoms. The second-order valence-electron chi connectivity index (χ2n) is 7.64. The van der Waals surface area contributed by atoms with Crippen LogP contribution in [0.3, 0.4) is 0 Å². The minimum atomic E-state index is -0.515. The van der Waals surface area contributed by atoms with Crippen molar-refractivity contribution in [3.05, 3.63) is 75.1 Å². The Morgan fingerprint density at radius 3 is 2.28 bits per heavy atom. The first-order chi connectivity index (χ1) is 17.3. The van der Waals surface area contributed by atoms with E-state index in [1.165, 1.54) is 11.3 Å². The van der Waals surface area contributed by atoms with E-state index in [-0.39, 0.29) is 24.7 Å². The third-order valence-electron chi connectivity index (χ3n) is 5.35. The number of hydrogen-bond acceptors (Lipinski definition) is 7. The highest BCUT2D eigenvalue weighted by Crippen LogP contribution is 2.36. The Bertz CT molecular complexity index is 1340. The van der Waals surface area contributed by atoms with Crippen LogP contribution in [0.5, 0.6) is 0 Å². The number of amides is 3. The largest absolute Gasteiger partial charge is 0.462 e. The standard InChI is InChI=1S/C25H20BrN3O5S2/c1-2-34-24(33)20-18(14-7-9-15(26)10-8-14)13-36-21(20)28-25(35)27-19(30)11-12-29-22(31)16-5-3-4-6-17(16)23(29)32/h3-10,13H,2,11-12H2,1H3,(H2,27,28,30,35). The molecule has 8 nitrogen and oxygen atoms in total. The maximum Gasteiger partial charge on any atom is 0.341 e. The molecule has 184 valence electrons. The van der Waals surface area contributed by atoms with Crippen molar-refractivity contribution in [2.45, 2.75) is 13.3 Å². The van der Waals surface area contributed by atoms with Crippen molar-refractivity contribution in [1.29, 1.82) is 0 Å². The van der Waals surface area contributed by atoms with Crippen molar-refractivity contribution < 1.29 is 23.9 Å². The van der Waals surface area contributed by atoms with Gasteiger partial charge in [0.1, 0.15) is 10.6 Å². The van der Waals surface area contributed by atoms with Crippen LogP contribution < -0.4 is 10.6 Å². The Kier molecular flexibility index (Phi) is 7.92. The van der Waals surface area contributed by atoms with E-state index in [0.29, 0.717) is 27.3 Å². The number of thiophene rings is 1. The molecule has 4 rings (SSSR count). The maximum absolute atomic E-state index is 12.7. The van der Waals surface area contributed by atoms with Gasteiger partial charge >= 0.3 is 5.97 Å². The number of carbonyl (C=O) groups excluding carboxylic acids is 4. The van der Waals surface area contributed by atoms with Crippen LogP contribution in [0.2, 0.25) is 0 Å². The number of fused-ring (bicyclic) bond motifs is 1. The summed E-state index contributed by atoms with van der Waals surface area (Å²) in [6, 6.07) is 14.0. The van der Waals surface area contributed by atoms with E-state index in [1.54, 1.807) is 31.2 Å². The molecule has 0 aliphatic carbocycles. The Hall–Kier alpha value is -3.41. The van der Waals surface area contributed by atoms with Gasteiger partial charge in [0.2, 0.25) is 5.91 Å². The van der Waals surface area contributed by atoms with Crippen LogP contribution in [0, 0.1) is 0 Å². The van der Waals surface area contributed by atoms with Crippen LogP contribution in [0.15, 0.2) is 58.4 Å². The lowest BCUT2D eigenvalue weighted by molar-refractivity contribution is -0.119. The van der Waals surface area contributed by atoms with E-state index >= 15 is 0 Å². The van der Waals surface area contributed by atoms with Gasteiger partial charge < -0.3 is 15.4 Å². The number of nitrogens with zero attached hydrogens (tertiary/aromatic N) is 1. The Morgan fingerprint density at radius 2 is 1.67 bits per heavy atom. The third kappa shape index (κ3) is 5.38. The quantitative estimate of drug-likeness (QED) is 0.232. The zero-order valence-electron chi connectivity index (χ0n) is 19.0. The van der Waals surface area contributed by atoms with E-state index in [9.17, 15) is 19.2 Å². The number of esters is 1. The van der Waals surface area contributed by atoms with Crippen LogP contribution in [0.1, 0.15) is 44.4 Å². The van der Waals surface area contributed by atoms with E-state index in [1.807, 2.05) is 29.6 Å². The first-order valence-electron chi connectivity index (χ1n) is 10.9. The molecule has 11 heteroatoms. The van der Waals surface area contributed by atoms with Gasteiger partial charge in [0.25, 0.3) is 11.8 Å². The number of rotatable bonds is 7. The fourth-order valence-corrected chi connectivity index (χ4v) is 5.18. The number of imide groups is 1. The summed E-state index contributed by atoms with van der Waals surface area (Å²) in [7, 11) is 0. The fraction of sp³-hybridized carbons (Fsp3) is 0.160. The highest BCUT2D eigenvalue weighted by atomic mass is 79.9. The fourth-order valence-electron chi connectivity index (χ4n) is 3.68. The van der Waals surface area contributed by atoms with Gasteiger partial charge in [0, 0.05) is 28.4 Å². The smallest absolute Gasteiger partial charge is 0.341 e. The monoisotopic (exact) mass is 585 g/mol. The molecule has 1 aliphatic heterocycles. The Morgan fingerprint density at radius 1 is 1.03 bits per heavy atom. The second-order valence-corrected chi connectivity index (χ2v) is 9.84. The summed E-state index contributed by atoms with van der Waals surface area (Å²) in [6.45, 7) is 1.84. The van der Waals surface area contributed by atoms with Gasteiger partial charge in [-0.3, -0.25) is 19.3 Å². The minimum absolute atomic E-state index is 0.0166. The summed E-state index contributed by atoms with van der Waals surface area (Å²) in [4.78, 5) is 51.2. The molecule has 3 amide bonds. The molecule has 1 aromatic heterocycles. The SMILES string of the molecule is CCOC(=O)c1c(-c2ccc(Br)cc2)csc1NC(=S)NC(=O)CCN1C(=O)c2ccccc2C1=O. The number of thiocarbonyl (C=S) groups is 1. The number of anilines is 1. The molecule has 3 aromatic rings. The lowest BCUT2D eigenvalue weighted by atomic mass is 10.0. The summed E-state index contributed by atoms with van der Waals surface area (Å²) >= 11 is 9.93. The van der Waals surface area contributed by atoms with Gasteiger partial charge in [0.05, 0.1) is 17.7 Å². The molecule has 2 heterocycles. The van der Waals surface area contributed by atoms with E-state index in [0.717, 1.165) is 14.9 Å². The van der Waals surface area contributed by atoms with Crippen LogP contribution in [-0.4, -0.2) is 46.9 Å². The summed E-state index contributed by atoms with van der Waals surface area (Å²) in [6.07, 6.45) is -0.132. The van der Waals surface area contributed by atoms with Crippen molar-refractivity contribution >= 4 is 73.3 Å². The predicted octanol–water partition coefficient (Wildman–Crippen LogP) is 4.85. The zero-order valence-corrected chi connectivity index (χ0v) is 22.2. The number of carbonyl (C=O) groups is 4. The van der Waals surface area contributed by atoms with Crippen LogP contribution in [0.4, 0.5) is 5.00 Å². The average molecular weight is 586 g/mol. The lowest BCUT2D eigenvalue weighted by Gasteiger charge is -2.14. The van der Waals surface area contributed by atoms with Crippen LogP contribution in [-0.2, 0) is 9.53 Å². The molecule has 0 saturated heterocycles. The van der Waals surface area contributed by atoms with Gasteiger partial charge in [-0.25, -0.2) is 4.79 Å². The first-order valence-corrected chi connectivity index (χ1v) is 13.0. The van der Waals surface area contributed by atoms with E-state index in [4.69, 9.17) is 17.0 Å². The molecule has 0 radical (unpaired) electrons. The van der Waals surface area contributed by atoms with Crippen molar-refractivity contribution in [1.82, 2.24) is 10.2 Å². The molecule has 0 spiro atoms. The normalized spacial score (nSPS) is 12.3. The predicted molar refractivity (Wildman–Crippen MR) is 144 cm³/mol. The number of nitrogens with one attached hydrogen (secondary N) is 2. The first kappa shape index (κ1) is 25.7. The number of ether oxygens (including phenoxy) is 1. The van der Waals surface area contributed by atoms with Crippen molar-refractivity contribution in [2.24, 2.45) is 0 Å². The van der Waals surface area contributed by atoms with Gasteiger partial charge in [-0.15, -0.1) is 11.3 Å². The topological polar surface area (TPSA) is 105 Å². The molecule has 0 atom stereocenters. The summed E-state index contributed by atoms with van der Waals surface area (Å²) in [5, 5.41) is 7.66. The Labute approximate surface area is 224 Å². The number of hydrogen-bond donors (Lipinski definition) is 2. The Balaban J connectivity index is 1.41. The summed E-state index contributed by atoms with van der Waals surface area (Å²) in [5.74, 6) is -1.85. The van der Waals surface area contributed by atoms with Crippen molar-refractivity contribution in [3.63, 3.8) is 0 Å². The molecule has 2 N–H and O–H groups in total. The van der Waals surface area contributed by atoms with Crippen LogP contribution >= 0.6 is 39.5 Å². The van der Waals surface area contributed by atoms with Crippen molar-refractivity contribution in [2.75, 3.05) is 18.5 Å². The molecule has 36 heavy (non-hydrogen) atoms. The van der Waals surface area contributed by atoms with Gasteiger partial charge in [-0.2, -0.15) is 0 Å². The maximum atomic E-state index is 12.7. The highest BCUT2D eigenvalue weighted by molar-refractivity contribution is 9.10. The van der Waals surface area contributed by atoms with Gasteiger partial charge in [-0.1, -0.05) is 40.2 Å². The molecule has 0 fully saturated rings. The summed E-state index contributed by atoms with van der Waals surface area (Å²) in [5.41, 5.74) is 2.46. The van der Waals surface area contributed by atoms with E-state index < -0.39 is 23.7 Å². The van der Waals surface area contributed by atoms with Crippen molar-refractivity contribution in [3.8, 4) is 11.1 Å². The zero-order chi connectivity index (χ0) is 25.8. The molecule has 0 unspecified atom stereocenters. The second kappa shape index (κ2) is 11.1. The minimum Gasteiger partial charge on any atom is -0.462 e. The van der Waals surface area contributed by atoms with E-state index in [2.05, 4.69) is 26.6 Å². The number of halogens is 1. The molecule has 0 saturated carbocycles. The third-order valence-corrected chi connectivity index (χ3v) is 6.97. The summed E-state index contributed by atoms with van der Waals surface area (Å²) < 4.78 is 6.14. The molecule has 1 aliphatic rings. The lowest BCUT2D eigenvalue weighted by Crippen LogP contribution is -2.38. The average Bonchev–Trinajstić information content (AvgIpc) is 3.37. The molecular weight excluding hydrogens is 566 g/mol. The number of benzene rings is 2. The van der Waals surface area contributed by atoms with Gasteiger partial charge in [0.15, 0.2) is 5.11 Å². The molecular formula is C25H20BrN3O5S2.